The number of primary amides is 1. The lowest BCUT2D eigenvalue weighted by molar-refractivity contribution is -0.142. The van der Waals surface area contributed by atoms with E-state index in [0.29, 0.717) is 49.1 Å². The number of rotatable bonds is 13. The van der Waals surface area contributed by atoms with Crippen molar-refractivity contribution >= 4 is 75.0 Å². The van der Waals surface area contributed by atoms with Gasteiger partial charge in [-0.25, -0.2) is 4.98 Å². The van der Waals surface area contributed by atoms with Crippen molar-refractivity contribution in [2.24, 2.45) is 5.73 Å². The van der Waals surface area contributed by atoms with E-state index in [0.717, 1.165) is 21.8 Å². The van der Waals surface area contributed by atoms with Gasteiger partial charge in [-0.3, -0.25) is 43.2 Å². The largest absolute Gasteiger partial charge is 0.368 e. The summed E-state index contributed by atoms with van der Waals surface area (Å²) in [4.78, 5) is 140. The molecule has 2 saturated heterocycles. The van der Waals surface area contributed by atoms with Gasteiger partial charge in [0.1, 0.15) is 42.3 Å². The van der Waals surface area contributed by atoms with Crippen LogP contribution in [0.2, 0.25) is 0 Å². The third-order valence-corrected chi connectivity index (χ3v) is 13.3. The number of para-hydroxylation sites is 2. The molecule has 7 atom stereocenters. The maximum absolute atomic E-state index is 15.1. The molecule has 22 nitrogen and oxygen atoms in total. The second-order valence-corrected chi connectivity index (χ2v) is 18.8. The first kappa shape index (κ1) is 52.8. The Morgan fingerprint density at radius 2 is 1.51 bits per heavy atom. The molecular weight excluding hydrogens is 939 g/mol. The summed E-state index contributed by atoms with van der Waals surface area (Å²) in [5.41, 5.74) is 9.11. The number of hydrogen-bond acceptors (Lipinski definition) is 10. The molecule has 22 heteroatoms. The van der Waals surface area contributed by atoms with Crippen LogP contribution >= 0.6 is 0 Å². The van der Waals surface area contributed by atoms with Gasteiger partial charge in [-0.15, -0.1) is 0 Å². The van der Waals surface area contributed by atoms with E-state index in [2.05, 4.69) is 57.2 Å². The molecule has 73 heavy (non-hydrogen) atoms. The first-order valence-electron chi connectivity index (χ1n) is 24.9. The smallest absolute Gasteiger partial charge is 0.246 e. The minimum atomic E-state index is -1.55. The molecule has 2 aromatic carbocycles. The summed E-state index contributed by atoms with van der Waals surface area (Å²) >= 11 is 0. The van der Waals surface area contributed by atoms with Gasteiger partial charge in [0.15, 0.2) is 0 Å². The molecule has 5 aromatic rings. The summed E-state index contributed by atoms with van der Waals surface area (Å²) in [7, 11) is 0. The van der Waals surface area contributed by atoms with E-state index in [-0.39, 0.29) is 51.6 Å². The first-order chi connectivity index (χ1) is 35.2. The lowest BCUT2D eigenvalue weighted by Crippen LogP contribution is -2.61. The molecule has 0 unspecified atom stereocenters. The molecule has 3 aromatic heterocycles. The molecule has 5 heterocycles. The topological polar surface area (TPSA) is 327 Å². The van der Waals surface area contributed by atoms with E-state index in [4.69, 9.17) is 5.73 Å². The second kappa shape index (κ2) is 24.9. The zero-order valence-corrected chi connectivity index (χ0v) is 41.0. The number of unbranched alkanes of at least 4 members (excludes halogenated alkanes) is 1. The van der Waals surface area contributed by atoms with Crippen molar-refractivity contribution in [2.45, 2.75) is 133 Å². The van der Waals surface area contributed by atoms with Crippen LogP contribution in [0.3, 0.4) is 0 Å². The summed E-state index contributed by atoms with van der Waals surface area (Å²) in [5, 5.41) is 20.8. The van der Waals surface area contributed by atoms with Crippen LogP contribution in [0.15, 0.2) is 73.3 Å². The van der Waals surface area contributed by atoms with Gasteiger partial charge >= 0.3 is 0 Å². The molecule has 0 saturated carbocycles. The number of aromatic amines is 3. The Kier molecular flexibility index (Phi) is 18.0. The molecular formula is C51H65N13O9. The summed E-state index contributed by atoms with van der Waals surface area (Å²) in [6.45, 7) is 3.37. The highest BCUT2D eigenvalue weighted by Gasteiger charge is 2.41. The molecule has 12 N–H and O–H groups in total. The molecule has 0 spiro atoms. The van der Waals surface area contributed by atoms with Crippen LogP contribution in [0.25, 0.3) is 21.8 Å². The highest BCUT2D eigenvalue weighted by molar-refractivity contribution is 5.99. The number of H-pyrrole nitrogens is 3. The highest BCUT2D eigenvalue weighted by Crippen LogP contribution is 2.24. The van der Waals surface area contributed by atoms with Crippen molar-refractivity contribution in [1.29, 1.82) is 0 Å². The van der Waals surface area contributed by atoms with Crippen LogP contribution in [-0.4, -0.2) is 133 Å². The number of nitrogens with one attached hydrogen (secondary N) is 10. The summed E-state index contributed by atoms with van der Waals surface area (Å²) < 4.78 is 0. The van der Waals surface area contributed by atoms with E-state index < -0.39 is 102 Å². The average molecular weight is 1000 g/mol. The number of benzene rings is 2. The van der Waals surface area contributed by atoms with Gasteiger partial charge in [-0.05, 0) is 67.7 Å². The normalized spacial score (nSPS) is 22.6. The van der Waals surface area contributed by atoms with Gasteiger partial charge in [0.2, 0.25) is 53.2 Å². The van der Waals surface area contributed by atoms with Gasteiger partial charge in [0.05, 0.1) is 12.7 Å². The van der Waals surface area contributed by atoms with E-state index in [1.165, 1.54) is 24.3 Å². The zero-order chi connectivity index (χ0) is 52.0. The third kappa shape index (κ3) is 14.1. The number of carbonyl (C=O) groups excluding carboxylic acids is 9. The predicted octanol–water partition coefficient (Wildman–Crippen LogP) is 0.686. The Hall–Kier alpha value is -8.04. The number of fused-ring (bicyclic) bond motifs is 3. The van der Waals surface area contributed by atoms with Gasteiger partial charge < -0.3 is 62.8 Å². The van der Waals surface area contributed by atoms with Crippen molar-refractivity contribution in [3.8, 4) is 0 Å². The lowest BCUT2D eigenvalue weighted by Gasteiger charge is -2.31. The van der Waals surface area contributed by atoms with Crippen molar-refractivity contribution in [3.05, 3.63) is 90.3 Å². The Morgan fingerprint density at radius 3 is 2.23 bits per heavy atom. The van der Waals surface area contributed by atoms with Crippen LogP contribution in [0.5, 0.6) is 0 Å². The van der Waals surface area contributed by atoms with Crippen LogP contribution in [-0.2, 0) is 62.4 Å². The minimum Gasteiger partial charge on any atom is -0.368 e. The first-order valence-corrected chi connectivity index (χ1v) is 24.9. The van der Waals surface area contributed by atoms with Crippen LogP contribution in [0, 0.1) is 0 Å². The van der Waals surface area contributed by atoms with Crippen molar-refractivity contribution in [3.63, 3.8) is 0 Å². The van der Waals surface area contributed by atoms with Crippen molar-refractivity contribution in [1.82, 2.24) is 62.1 Å². The van der Waals surface area contributed by atoms with E-state index in [1.807, 2.05) is 61.5 Å². The monoisotopic (exact) mass is 1000 g/mol. The Labute approximate surface area is 421 Å². The number of hydrogen-bond donors (Lipinski definition) is 11. The van der Waals surface area contributed by atoms with Gasteiger partial charge in [-0.1, -0.05) is 56.2 Å². The lowest BCUT2D eigenvalue weighted by atomic mass is 10.0. The predicted molar refractivity (Wildman–Crippen MR) is 268 cm³/mol. The van der Waals surface area contributed by atoms with E-state index in [9.17, 15) is 38.4 Å². The van der Waals surface area contributed by atoms with Gasteiger partial charge in [0, 0.05) is 79.5 Å². The van der Waals surface area contributed by atoms with Crippen molar-refractivity contribution < 1.29 is 43.2 Å². The van der Waals surface area contributed by atoms with Crippen LogP contribution in [0.1, 0.15) is 88.6 Å². The Bertz CT molecular complexity index is 2750. The molecule has 9 amide bonds. The van der Waals surface area contributed by atoms with Gasteiger partial charge in [0.25, 0.3) is 0 Å². The van der Waals surface area contributed by atoms with Crippen molar-refractivity contribution in [2.75, 3.05) is 13.1 Å². The molecule has 2 fully saturated rings. The summed E-state index contributed by atoms with van der Waals surface area (Å²) in [6.07, 6.45) is 6.63. The van der Waals surface area contributed by atoms with E-state index in [1.54, 1.807) is 6.20 Å². The van der Waals surface area contributed by atoms with E-state index >= 15 is 4.79 Å². The second-order valence-electron chi connectivity index (χ2n) is 18.8. The SMILES string of the molecule is CCCC[C@H](NC(C)=O)C(=O)N[C@H]1CC(=O)NCCCC[C@@H](C(N)=O)NC(=O)[C@H](Cc2cc3ccccc3[nH]2)NC(=O)[C@@H]2CCCN2C(=O)[C@@H](Cc2c[nH]c3ccccc23)NC(=O)[C@H](Cc2cnc[nH]2)NC1=O. The number of imidazole rings is 1. The molecule has 0 bridgehead atoms. The molecule has 0 aliphatic carbocycles. The fourth-order valence-corrected chi connectivity index (χ4v) is 9.46. The Balaban J connectivity index is 1.24. The molecule has 0 radical (unpaired) electrons. The zero-order valence-electron chi connectivity index (χ0n) is 41.0. The molecule has 388 valence electrons. The number of nitrogens with two attached hydrogens (primary N) is 1. The maximum atomic E-state index is 15.1. The summed E-state index contributed by atoms with van der Waals surface area (Å²) in [6, 6.07) is 7.98. The number of carbonyl (C=O) groups is 9. The standard InChI is InChI=1S/C51H65N13O9/c1-3-4-14-38(57-29(2)65)46(68)61-41-25-44(66)54-19-10-9-17-37(45(52)67)59-47(69)39(23-32-21-30-12-5-7-15-35(30)58-32)62-50(72)43-18-11-20-64(43)51(73)42(22-31-26-55-36-16-8-6-13-34(31)36)63-48(70)40(60-49(41)71)24-33-27-53-28-56-33/h5-8,12-13,15-16,21,26-28,37-43,55,58H,3-4,9-11,14,17-20,22-25H2,1-2H3,(H2,52,67)(H,53,56)(H,54,66)(H,57,65)(H,59,69)(H,60,71)(H,61,68)(H,62,72)(H,63,70)/t37-,38-,39-,40-,41-,42+,43-/m0/s1. The average Bonchev–Trinajstić information content (AvgIpc) is 4.21. The highest BCUT2D eigenvalue weighted by atomic mass is 16.2. The molecule has 2 aliphatic heterocycles. The third-order valence-electron chi connectivity index (χ3n) is 13.3. The van der Waals surface area contributed by atoms with Crippen LogP contribution < -0.4 is 43.0 Å². The minimum absolute atomic E-state index is 0.0127. The maximum Gasteiger partial charge on any atom is 0.246 e. The number of aromatic nitrogens is 4. The number of amides is 9. The van der Waals surface area contributed by atoms with Crippen LogP contribution in [0.4, 0.5) is 0 Å². The Morgan fingerprint density at radius 1 is 0.795 bits per heavy atom. The fraction of sp³-hybridized carbons (Fsp3) is 0.451. The number of nitrogens with zero attached hydrogens (tertiary/aromatic N) is 2. The summed E-state index contributed by atoms with van der Waals surface area (Å²) in [5.74, 6) is -6.29. The van der Waals surface area contributed by atoms with Gasteiger partial charge in [-0.2, -0.15) is 0 Å². The quantitative estimate of drug-likeness (QED) is 0.0784. The molecule has 7 rings (SSSR count). The fourth-order valence-electron chi connectivity index (χ4n) is 9.46. The molecule has 2 aliphatic rings.